The summed E-state index contributed by atoms with van der Waals surface area (Å²) in [6, 6.07) is 8.71. The molecule has 0 bridgehead atoms. The first-order chi connectivity index (χ1) is 6.70. The molecule has 0 radical (unpaired) electrons. The molecule has 14 heavy (non-hydrogen) atoms. The molecule has 1 rings (SSSR count). The van der Waals surface area contributed by atoms with E-state index in [0.717, 1.165) is 0 Å². The molecular weight excluding hydrogens is 190 g/mol. The molecular formula is C10H10F2O2. The molecule has 4 heteroatoms. The van der Waals surface area contributed by atoms with Crippen LogP contribution in [0.1, 0.15) is 11.7 Å². The Morgan fingerprint density at radius 3 is 2.57 bits per heavy atom. The quantitative estimate of drug-likeness (QED) is 0.756. The maximum Gasteiger partial charge on any atom is 0.304 e. The first kappa shape index (κ1) is 10.7. The van der Waals surface area contributed by atoms with E-state index in [9.17, 15) is 13.9 Å². The number of hydrogen-bond acceptors (Lipinski definition) is 2. The number of aliphatic hydroxyl groups is 1. The van der Waals surface area contributed by atoms with Gasteiger partial charge in [-0.05, 0) is 5.56 Å². The number of aliphatic hydroxyl groups excluding tert-OH is 1. The highest BCUT2D eigenvalue weighted by molar-refractivity contribution is 5.17. The second-order valence-corrected chi connectivity index (χ2v) is 2.67. The van der Waals surface area contributed by atoms with Gasteiger partial charge in [0.05, 0.1) is 0 Å². The molecule has 0 spiro atoms. The Hall–Kier alpha value is -1.42. The van der Waals surface area contributed by atoms with E-state index in [4.69, 9.17) is 0 Å². The molecule has 1 unspecified atom stereocenters. The smallest absolute Gasteiger partial charge is 0.304 e. The van der Waals surface area contributed by atoms with Gasteiger partial charge in [-0.1, -0.05) is 30.3 Å². The monoisotopic (exact) mass is 200 g/mol. The lowest BCUT2D eigenvalue weighted by molar-refractivity contribution is 0.0796. The van der Waals surface area contributed by atoms with Gasteiger partial charge in [-0.2, -0.15) is 8.78 Å². The molecule has 0 aliphatic heterocycles. The normalized spacial score (nSPS) is 11.9. The average molecular weight is 200 g/mol. The van der Waals surface area contributed by atoms with Crippen LogP contribution in [-0.2, 0) is 4.74 Å². The van der Waals surface area contributed by atoms with Crippen molar-refractivity contribution in [1.29, 1.82) is 0 Å². The van der Waals surface area contributed by atoms with Crippen molar-refractivity contribution in [2.24, 2.45) is 0 Å². The van der Waals surface area contributed by atoms with Crippen LogP contribution in [0.2, 0.25) is 0 Å². The van der Waals surface area contributed by atoms with Crippen molar-refractivity contribution < 1.29 is 18.6 Å². The van der Waals surface area contributed by atoms with Crippen LogP contribution in [0.4, 0.5) is 8.78 Å². The SMILES string of the molecule is OC(COC=C(F)F)c1ccccc1. The number of hydrogen-bond donors (Lipinski definition) is 1. The first-order valence-electron chi connectivity index (χ1n) is 4.06. The summed E-state index contributed by atoms with van der Waals surface area (Å²) in [6.07, 6.45) is -2.47. The minimum Gasteiger partial charge on any atom is -0.493 e. The highest BCUT2D eigenvalue weighted by Gasteiger charge is 2.06. The predicted octanol–water partition coefficient (Wildman–Crippen LogP) is 2.47. The van der Waals surface area contributed by atoms with Gasteiger partial charge < -0.3 is 9.84 Å². The van der Waals surface area contributed by atoms with Gasteiger partial charge in [-0.25, -0.2) is 0 Å². The molecule has 76 valence electrons. The summed E-state index contributed by atoms with van der Waals surface area (Å²) in [5, 5.41) is 9.43. The zero-order valence-corrected chi connectivity index (χ0v) is 7.36. The van der Waals surface area contributed by atoms with Crippen molar-refractivity contribution >= 4 is 0 Å². The highest BCUT2D eigenvalue weighted by atomic mass is 19.3. The van der Waals surface area contributed by atoms with Crippen molar-refractivity contribution in [1.82, 2.24) is 0 Å². The van der Waals surface area contributed by atoms with E-state index in [0.29, 0.717) is 11.8 Å². The van der Waals surface area contributed by atoms with Gasteiger partial charge in [0.2, 0.25) is 0 Å². The van der Waals surface area contributed by atoms with E-state index >= 15 is 0 Å². The molecule has 1 aromatic carbocycles. The standard InChI is InChI=1S/C10H10F2O2/c11-10(12)7-14-6-9(13)8-4-2-1-3-5-8/h1-5,7,9,13H,6H2. The Kier molecular flexibility index (Phi) is 4.07. The zero-order chi connectivity index (χ0) is 10.4. The molecule has 0 heterocycles. The van der Waals surface area contributed by atoms with E-state index < -0.39 is 12.2 Å². The average Bonchev–Trinajstić information content (AvgIpc) is 2.18. The number of ether oxygens (including phenoxy) is 1. The molecule has 0 aliphatic rings. The van der Waals surface area contributed by atoms with E-state index in [1.54, 1.807) is 30.3 Å². The Morgan fingerprint density at radius 2 is 2.00 bits per heavy atom. The lowest BCUT2D eigenvalue weighted by Gasteiger charge is -2.09. The summed E-state index contributed by atoms with van der Waals surface area (Å²) < 4.78 is 27.5. The Balaban J connectivity index is 2.43. The Morgan fingerprint density at radius 1 is 1.36 bits per heavy atom. The van der Waals surface area contributed by atoms with Crippen LogP contribution < -0.4 is 0 Å². The molecule has 0 saturated heterocycles. The van der Waals surface area contributed by atoms with Crippen LogP contribution in [-0.4, -0.2) is 11.7 Å². The second-order valence-electron chi connectivity index (χ2n) is 2.67. The maximum atomic E-state index is 11.5. The van der Waals surface area contributed by atoms with Gasteiger partial charge in [-0.3, -0.25) is 0 Å². The molecule has 0 aromatic heterocycles. The van der Waals surface area contributed by atoms with Gasteiger partial charge in [0.1, 0.15) is 19.0 Å². The summed E-state index contributed by atoms with van der Waals surface area (Å²) in [6.45, 7) is -0.179. The first-order valence-corrected chi connectivity index (χ1v) is 4.06. The van der Waals surface area contributed by atoms with Gasteiger partial charge >= 0.3 is 6.08 Å². The molecule has 0 fully saturated rings. The van der Waals surface area contributed by atoms with Crippen molar-refractivity contribution in [3.05, 3.63) is 48.2 Å². The second kappa shape index (κ2) is 5.34. The van der Waals surface area contributed by atoms with Crippen LogP contribution >= 0.6 is 0 Å². The molecule has 1 atom stereocenters. The molecule has 1 N–H and O–H groups in total. The van der Waals surface area contributed by atoms with E-state index in [1.165, 1.54) is 0 Å². The van der Waals surface area contributed by atoms with Gasteiger partial charge in [0.25, 0.3) is 0 Å². The predicted molar refractivity (Wildman–Crippen MR) is 47.7 cm³/mol. The van der Waals surface area contributed by atoms with Crippen LogP contribution in [0.3, 0.4) is 0 Å². The number of rotatable bonds is 4. The van der Waals surface area contributed by atoms with Crippen molar-refractivity contribution in [2.45, 2.75) is 6.10 Å². The lowest BCUT2D eigenvalue weighted by atomic mass is 10.1. The summed E-state index contributed by atoms with van der Waals surface area (Å²) in [4.78, 5) is 0. The van der Waals surface area contributed by atoms with Gasteiger partial charge in [0, 0.05) is 0 Å². The highest BCUT2D eigenvalue weighted by Crippen LogP contribution is 2.12. The van der Waals surface area contributed by atoms with Crippen LogP contribution in [0, 0.1) is 0 Å². The summed E-state index contributed by atoms with van der Waals surface area (Å²) in [5.41, 5.74) is 0.639. The topological polar surface area (TPSA) is 29.5 Å². The Labute approximate surface area is 80.4 Å². The van der Waals surface area contributed by atoms with Crippen LogP contribution in [0.5, 0.6) is 0 Å². The third kappa shape index (κ3) is 3.53. The largest absolute Gasteiger partial charge is 0.493 e. The van der Waals surface area contributed by atoms with Crippen LogP contribution in [0.15, 0.2) is 42.7 Å². The molecule has 1 aromatic rings. The minimum absolute atomic E-state index is 0.179. The zero-order valence-electron chi connectivity index (χ0n) is 7.36. The lowest BCUT2D eigenvalue weighted by Crippen LogP contribution is -2.04. The molecule has 0 aliphatic carbocycles. The number of benzene rings is 1. The Bertz CT molecular complexity index is 294. The number of halogens is 2. The molecule has 0 saturated carbocycles. The van der Waals surface area contributed by atoms with E-state index in [1.807, 2.05) is 0 Å². The van der Waals surface area contributed by atoms with Crippen molar-refractivity contribution in [2.75, 3.05) is 6.61 Å². The van der Waals surface area contributed by atoms with Gasteiger partial charge in [0.15, 0.2) is 0 Å². The van der Waals surface area contributed by atoms with Crippen molar-refractivity contribution in [3.63, 3.8) is 0 Å². The summed E-state index contributed by atoms with van der Waals surface area (Å²) in [7, 11) is 0. The molecule has 0 amide bonds. The fourth-order valence-corrected chi connectivity index (χ4v) is 0.974. The van der Waals surface area contributed by atoms with Crippen molar-refractivity contribution in [3.8, 4) is 0 Å². The third-order valence-corrected chi connectivity index (χ3v) is 1.61. The third-order valence-electron chi connectivity index (χ3n) is 1.61. The molecule has 2 nitrogen and oxygen atoms in total. The minimum atomic E-state index is -1.91. The van der Waals surface area contributed by atoms with E-state index in [-0.39, 0.29) is 6.61 Å². The summed E-state index contributed by atoms with van der Waals surface area (Å²) >= 11 is 0. The van der Waals surface area contributed by atoms with Gasteiger partial charge in [-0.15, -0.1) is 0 Å². The van der Waals surface area contributed by atoms with Crippen LogP contribution in [0.25, 0.3) is 0 Å². The maximum absolute atomic E-state index is 11.5. The van der Waals surface area contributed by atoms with E-state index in [2.05, 4.69) is 4.74 Å². The summed E-state index contributed by atoms with van der Waals surface area (Å²) in [5.74, 6) is 0. The fraction of sp³-hybridized carbons (Fsp3) is 0.200. The fourth-order valence-electron chi connectivity index (χ4n) is 0.974.